The highest BCUT2D eigenvalue weighted by atomic mass is 32.1. The van der Waals surface area contributed by atoms with Crippen LogP contribution in [0.4, 0.5) is 5.69 Å². The van der Waals surface area contributed by atoms with Gasteiger partial charge >= 0.3 is 5.97 Å². The van der Waals surface area contributed by atoms with E-state index in [2.05, 4.69) is 18.0 Å². The second kappa shape index (κ2) is 4.49. The minimum Gasteiger partial charge on any atom is -0.477 e. The third-order valence-electron chi connectivity index (χ3n) is 3.96. The highest BCUT2D eigenvalue weighted by Gasteiger charge is 2.22. The van der Waals surface area contributed by atoms with Gasteiger partial charge in [0, 0.05) is 11.1 Å². The van der Waals surface area contributed by atoms with Crippen molar-refractivity contribution >= 4 is 33.2 Å². The summed E-state index contributed by atoms with van der Waals surface area (Å²) in [4.78, 5) is 16.7. The highest BCUT2D eigenvalue weighted by Crippen LogP contribution is 2.36. The molecule has 100 valence electrons. The maximum absolute atomic E-state index is 11.1. The van der Waals surface area contributed by atoms with E-state index in [1.54, 1.807) is 0 Å². The van der Waals surface area contributed by atoms with Crippen molar-refractivity contribution in [2.75, 3.05) is 5.73 Å². The van der Waals surface area contributed by atoms with Crippen LogP contribution in [0, 0.1) is 5.92 Å². The fraction of sp³-hybridized carbons (Fsp3) is 0.429. The first kappa shape index (κ1) is 12.4. The molecule has 19 heavy (non-hydrogen) atoms. The molecule has 4 nitrogen and oxygen atoms in total. The molecule has 0 saturated carbocycles. The zero-order valence-corrected chi connectivity index (χ0v) is 11.6. The maximum atomic E-state index is 11.1. The Morgan fingerprint density at radius 2 is 2.42 bits per heavy atom. The first-order valence-corrected chi connectivity index (χ1v) is 7.35. The molecular weight excluding hydrogens is 260 g/mol. The van der Waals surface area contributed by atoms with Gasteiger partial charge in [-0.05, 0) is 36.8 Å². The molecule has 1 aliphatic rings. The van der Waals surface area contributed by atoms with Crippen molar-refractivity contribution in [1.29, 1.82) is 0 Å². The van der Waals surface area contributed by atoms with Crippen LogP contribution < -0.4 is 5.73 Å². The van der Waals surface area contributed by atoms with Gasteiger partial charge < -0.3 is 10.8 Å². The van der Waals surface area contributed by atoms with Crippen molar-refractivity contribution in [1.82, 2.24) is 4.98 Å². The van der Waals surface area contributed by atoms with E-state index in [4.69, 9.17) is 10.8 Å². The summed E-state index contributed by atoms with van der Waals surface area (Å²) < 4.78 is 0. The number of carbonyl (C=O) groups is 1. The van der Waals surface area contributed by atoms with E-state index in [1.807, 2.05) is 0 Å². The van der Waals surface area contributed by atoms with Gasteiger partial charge in [0.05, 0.1) is 5.69 Å². The van der Waals surface area contributed by atoms with Crippen LogP contribution in [0.2, 0.25) is 0 Å². The van der Waals surface area contributed by atoms with Gasteiger partial charge in [0.15, 0.2) is 0 Å². The SMILES string of the molecule is CCC1CCc2nc3sc(C(=O)O)c(N)c3cc2C1. The molecule has 0 bridgehead atoms. The monoisotopic (exact) mass is 276 g/mol. The number of hydrogen-bond acceptors (Lipinski definition) is 4. The third kappa shape index (κ3) is 1.98. The second-order valence-electron chi connectivity index (χ2n) is 5.11. The van der Waals surface area contributed by atoms with Crippen LogP contribution in [-0.2, 0) is 12.8 Å². The number of nitrogens with two attached hydrogens (primary N) is 1. The van der Waals surface area contributed by atoms with Crippen molar-refractivity contribution in [3.8, 4) is 0 Å². The lowest BCUT2D eigenvalue weighted by atomic mass is 9.85. The van der Waals surface area contributed by atoms with Gasteiger partial charge in [-0.3, -0.25) is 0 Å². The van der Waals surface area contributed by atoms with Crippen LogP contribution in [-0.4, -0.2) is 16.1 Å². The van der Waals surface area contributed by atoms with Crippen LogP contribution >= 0.6 is 11.3 Å². The van der Waals surface area contributed by atoms with Crippen molar-refractivity contribution in [3.05, 3.63) is 22.2 Å². The molecule has 2 aromatic heterocycles. The normalized spacial score (nSPS) is 18.5. The van der Waals surface area contributed by atoms with E-state index in [0.717, 1.165) is 28.8 Å². The molecule has 1 atom stereocenters. The summed E-state index contributed by atoms with van der Waals surface area (Å²) in [6, 6.07) is 2.05. The molecule has 0 radical (unpaired) electrons. The van der Waals surface area contributed by atoms with Crippen LogP contribution in [0.25, 0.3) is 10.2 Å². The molecular formula is C14H16N2O2S. The average molecular weight is 276 g/mol. The van der Waals surface area contributed by atoms with Crippen molar-refractivity contribution < 1.29 is 9.90 Å². The predicted octanol–water partition coefficient (Wildman–Crippen LogP) is 3.09. The van der Waals surface area contributed by atoms with E-state index in [1.165, 1.54) is 29.7 Å². The van der Waals surface area contributed by atoms with Gasteiger partial charge in [0.2, 0.25) is 0 Å². The summed E-state index contributed by atoms with van der Waals surface area (Å²) in [5.74, 6) is -0.254. The number of aromatic carboxylic acids is 1. The number of hydrogen-bond donors (Lipinski definition) is 2. The van der Waals surface area contributed by atoms with Crippen molar-refractivity contribution in [3.63, 3.8) is 0 Å². The Kier molecular flexibility index (Phi) is 2.93. The number of aromatic nitrogens is 1. The number of rotatable bonds is 2. The number of fused-ring (bicyclic) bond motifs is 2. The van der Waals surface area contributed by atoms with E-state index in [0.29, 0.717) is 11.6 Å². The zero-order chi connectivity index (χ0) is 13.6. The number of nitrogens with zero attached hydrogens (tertiary/aromatic N) is 1. The van der Waals surface area contributed by atoms with Gasteiger partial charge in [-0.15, -0.1) is 11.3 Å². The van der Waals surface area contributed by atoms with Crippen molar-refractivity contribution in [2.45, 2.75) is 32.6 Å². The quantitative estimate of drug-likeness (QED) is 0.883. The Labute approximate surface area is 115 Å². The molecule has 0 spiro atoms. The molecule has 0 aromatic carbocycles. The van der Waals surface area contributed by atoms with Crippen LogP contribution in [0.1, 0.15) is 40.7 Å². The maximum Gasteiger partial charge on any atom is 0.348 e. The summed E-state index contributed by atoms with van der Waals surface area (Å²) in [7, 11) is 0. The lowest BCUT2D eigenvalue weighted by Gasteiger charge is -2.22. The third-order valence-corrected chi connectivity index (χ3v) is 5.06. The Morgan fingerprint density at radius 3 is 3.11 bits per heavy atom. The number of carboxylic acid groups (broad SMARTS) is 1. The number of aryl methyl sites for hydroxylation is 1. The largest absolute Gasteiger partial charge is 0.477 e. The summed E-state index contributed by atoms with van der Waals surface area (Å²) >= 11 is 1.18. The summed E-state index contributed by atoms with van der Waals surface area (Å²) in [5.41, 5.74) is 8.66. The minimum absolute atomic E-state index is 0.205. The van der Waals surface area contributed by atoms with Crippen molar-refractivity contribution in [2.24, 2.45) is 5.92 Å². The number of pyridine rings is 1. The molecule has 1 unspecified atom stereocenters. The number of nitrogen functional groups attached to an aromatic ring is 1. The van der Waals surface area contributed by atoms with E-state index in [9.17, 15) is 4.79 Å². The van der Waals surface area contributed by atoms with Crippen LogP contribution in [0.3, 0.4) is 0 Å². The Morgan fingerprint density at radius 1 is 1.63 bits per heavy atom. The first-order chi connectivity index (χ1) is 9.10. The molecule has 0 aliphatic heterocycles. The average Bonchev–Trinajstić information content (AvgIpc) is 2.73. The molecule has 0 saturated heterocycles. The van der Waals surface area contributed by atoms with Gasteiger partial charge in [-0.2, -0.15) is 0 Å². The number of carboxylic acids is 1. The minimum atomic E-state index is -0.968. The summed E-state index contributed by atoms with van der Waals surface area (Å²) in [6.45, 7) is 2.21. The Balaban J connectivity index is 2.14. The molecule has 5 heteroatoms. The fourth-order valence-corrected chi connectivity index (χ4v) is 3.71. The molecule has 0 amide bonds. The molecule has 3 N–H and O–H groups in total. The molecule has 0 fully saturated rings. The molecule has 2 heterocycles. The lowest BCUT2D eigenvalue weighted by Crippen LogP contribution is -2.14. The molecule has 3 rings (SSSR count). The lowest BCUT2D eigenvalue weighted by molar-refractivity contribution is 0.0703. The van der Waals surface area contributed by atoms with Gasteiger partial charge in [0.25, 0.3) is 0 Å². The molecule has 2 aromatic rings. The first-order valence-electron chi connectivity index (χ1n) is 6.54. The Bertz CT molecular complexity index is 663. The highest BCUT2D eigenvalue weighted by molar-refractivity contribution is 7.21. The number of thiophene rings is 1. The number of anilines is 1. The smallest absolute Gasteiger partial charge is 0.348 e. The topological polar surface area (TPSA) is 76.2 Å². The summed E-state index contributed by atoms with van der Waals surface area (Å²) in [6.07, 6.45) is 4.38. The second-order valence-corrected chi connectivity index (χ2v) is 6.11. The Hall–Kier alpha value is -1.62. The van der Waals surface area contributed by atoms with Gasteiger partial charge in [0.1, 0.15) is 9.71 Å². The van der Waals surface area contributed by atoms with Gasteiger partial charge in [-0.1, -0.05) is 13.3 Å². The van der Waals surface area contributed by atoms with Gasteiger partial charge in [-0.25, -0.2) is 9.78 Å². The summed E-state index contributed by atoms with van der Waals surface area (Å²) in [5, 5.41) is 9.92. The van der Waals surface area contributed by atoms with E-state index < -0.39 is 5.97 Å². The van der Waals surface area contributed by atoms with E-state index >= 15 is 0 Å². The zero-order valence-electron chi connectivity index (χ0n) is 10.8. The molecule has 1 aliphatic carbocycles. The van der Waals surface area contributed by atoms with Crippen LogP contribution in [0.15, 0.2) is 6.07 Å². The fourth-order valence-electron chi connectivity index (χ4n) is 2.77. The standard InChI is InChI=1S/C14H16N2O2S/c1-2-7-3-4-10-8(5-7)6-9-11(15)12(14(17)18)19-13(9)16-10/h6-7H,2-5,15H2,1H3,(H,17,18). The van der Waals surface area contributed by atoms with E-state index in [-0.39, 0.29) is 4.88 Å². The predicted molar refractivity (Wildman–Crippen MR) is 76.8 cm³/mol. The van der Waals surface area contributed by atoms with Crippen LogP contribution in [0.5, 0.6) is 0 Å².